The van der Waals surface area contributed by atoms with Gasteiger partial charge in [-0.05, 0) is 48.6 Å². The normalized spacial score (nSPS) is 17.3. The number of carbonyl (C=O) groups is 1. The summed E-state index contributed by atoms with van der Waals surface area (Å²) >= 11 is 0. The Morgan fingerprint density at radius 3 is 2.45 bits per heavy atom. The van der Waals surface area contributed by atoms with Crippen molar-refractivity contribution >= 4 is 22.4 Å². The van der Waals surface area contributed by atoms with E-state index < -0.39 is 5.60 Å². The molecule has 2 aromatic carbocycles. The highest BCUT2D eigenvalue weighted by atomic mass is 16.3. The maximum Gasteiger partial charge on any atom is 0.258 e. The van der Waals surface area contributed by atoms with Crippen molar-refractivity contribution in [3.63, 3.8) is 0 Å². The highest BCUT2D eigenvalue weighted by Gasteiger charge is 2.40. The van der Waals surface area contributed by atoms with E-state index in [1.165, 1.54) is 0 Å². The first-order chi connectivity index (χ1) is 9.60. The SMILES string of the molecule is CN(C(=O)C1(O)CCCC1)c1ccc2ccccc2c1. The molecule has 3 rings (SSSR count). The molecule has 1 N–H and O–H groups in total. The van der Waals surface area contributed by atoms with Crippen molar-refractivity contribution in [2.45, 2.75) is 31.3 Å². The van der Waals surface area contributed by atoms with Crippen molar-refractivity contribution in [1.82, 2.24) is 0 Å². The summed E-state index contributed by atoms with van der Waals surface area (Å²) in [4.78, 5) is 14.1. The molecular weight excluding hydrogens is 250 g/mol. The summed E-state index contributed by atoms with van der Waals surface area (Å²) in [5, 5.41) is 12.7. The predicted octanol–water partition coefficient (Wildman–Crippen LogP) is 3.11. The van der Waals surface area contributed by atoms with Gasteiger partial charge in [0, 0.05) is 12.7 Å². The first kappa shape index (κ1) is 13.1. The van der Waals surface area contributed by atoms with Crippen molar-refractivity contribution < 1.29 is 9.90 Å². The maximum atomic E-state index is 12.5. The van der Waals surface area contributed by atoms with Crippen LogP contribution in [0.25, 0.3) is 10.8 Å². The first-order valence-electron chi connectivity index (χ1n) is 7.09. The van der Waals surface area contributed by atoms with Crippen LogP contribution in [0.15, 0.2) is 42.5 Å². The number of nitrogens with zero attached hydrogens (tertiary/aromatic N) is 1. The molecule has 20 heavy (non-hydrogen) atoms. The Labute approximate surface area is 118 Å². The zero-order chi connectivity index (χ0) is 14.2. The molecule has 0 aliphatic heterocycles. The van der Waals surface area contributed by atoms with E-state index in [1.807, 2.05) is 42.5 Å². The van der Waals surface area contributed by atoms with E-state index in [0.717, 1.165) is 29.3 Å². The van der Waals surface area contributed by atoms with Gasteiger partial charge in [0.15, 0.2) is 0 Å². The minimum atomic E-state index is -1.17. The van der Waals surface area contributed by atoms with Crippen molar-refractivity contribution in [1.29, 1.82) is 0 Å². The number of anilines is 1. The molecule has 0 radical (unpaired) electrons. The molecule has 1 saturated carbocycles. The molecule has 0 unspecified atom stereocenters. The van der Waals surface area contributed by atoms with Crippen molar-refractivity contribution in [3.8, 4) is 0 Å². The third-order valence-electron chi connectivity index (χ3n) is 4.25. The van der Waals surface area contributed by atoms with Crippen LogP contribution in [-0.2, 0) is 4.79 Å². The van der Waals surface area contributed by atoms with Gasteiger partial charge in [0.05, 0.1) is 0 Å². The number of aliphatic hydroxyl groups is 1. The van der Waals surface area contributed by atoms with Gasteiger partial charge in [0.25, 0.3) is 5.91 Å². The average molecular weight is 269 g/mol. The Morgan fingerprint density at radius 2 is 1.75 bits per heavy atom. The Balaban J connectivity index is 1.91. The molecule has 1 fully saturated rings. The minimum Gasteiger partial charge on any atom is -0.380 e. The molecule has 0 heterocycles. The molecule has 1 amide bonds. The number of fused-ring (bicyclic) bond motifs is 1. The number of benzene rings is 2. The van der Waals surface area contributed by atoms with E-state index in [0.29, 0.717) is 12.8 Å². The molecule has 2 aromatic rings. The molecule has 104 valence electrons. The highest BCUT2D eigenvalue weighted by molar-refractivity contribution is 6.00. The zero-order valence-corrected chi connectivity index (χ0v) is 11.7. The smallest absolute Gasteiger partial charge is 0.258 e. The van der Waals surface area contributed by atoms with Gasteiger partial charge < -0.3 is 10.0 Å². The summed E-state index contributed by atoms with van der Waals surface area (Å²) in [5.41, 5.74) is -0.338. The number of amides is 1. The zero-order valence-electron chi connectivity index (χ0n) is 11.7. The third-order valence-corrected chi connectivity index (χ3v) is 4.25. The largest absolute Gasteiger partial charge is 0.380 e. The van der Waals surface area contributed by atoms with Gasteiger partial charge in [-0.25, -0.2) is 0 Å². The Hall–Kier alpha value is -1.87. The van der Waals surface area contributed by atoms with Crippen LogP contribution in [0.1, 0.15) is 25.7 Å². The molecule has 0 saturated heterocycles. The van der Waals surface area contributed by atoms with E-state index in [-0.39, 0.29) is 5.91 Å². The van der Waals surface area contributed by atoms with Crippen LogP contribution in [0.3, 0.4) is 0 Å². The molecule has 0 spiro atoms. The molecule has 3 nitrogen and oxygen atoms in total. The molecule has 0 atom stereocenters. The molecule has 1 aliphatic carbocycles. The van der Waals surface area contributed by atoms with Gasteiger partial charge in [-0.2, -0.15) is 0 Å². The molecule has 0 aromatic heterocycles. The number of hydrogen-bond donors (Lipinski definition) is 1. The van der Waals surface area contributed by atoms with Gasteiger partial charge in [0.2, 0.25) is 0 Å². The van der Waals surface area contributed by atoms with Crippen LogP contribution in [0.5, 0.6) is 0 Å². The van der Waals surface area contributed by atoms with E-state index in [9.17, 15) is 9.90 Å². The Kier molecular flexibility index (Phi) is 3.22. The first-order valence-corrected chi connectivity index (χ1v) is 7.09. The summed E-state index contributed by atoms with van der Waals surface area (Å²) in [6, 6.07) is 14.0. The molecular formula is C17H19NO2. The van der Waals surface area contributed by atoms with Crippen LogP contribution in [0, 0.1) is 0 Å². The second kappa shape index (κ2) is 4.91. The van der Waals surface area contributed by atoms with E-state index in [2.05, 4.69) is 0 Å². The second-order valence-corrected chi connectivity index (χ2v) is 5.63. The fourth-order valence-electron chi connectivity index (χ4n) is 2.99. The summed E-state index contributed by atoms with van der Waals surface area (Å²) in [6.07, 6.45) is 3.00. The standard InChI is InChI=1S/C17H19NO2/c1-18(16(19)17(20)10-4-5-11-17)15-9-8-13-6-2-3-7-14(13)12-15/h2-3,6-9,12,20H,4-5,10-11H2,1H3. The van der Waals surface area contributed by atoms with E-state index in [4.69, 9.17) is 0 Å². The second-order valence-electron chi connectivity index (χ2n) is 5.63. The maximum absolute atomic E-state index is 12.5. The summed E-state index contributed by atoms with van der Waals surface area (Å²) in [7, 11) is 1.74. The van der Waals surface area contributed by atoms with Gasteiger partial charge in [-0.15, -0.1) is 0 Å². The van der Waals surface area contributed by atoms with E-state index in [1.54, 1.807) is 11.9 Å². The average Bonchev–Trinajstić information content (AvgIpc) is 2.93. The van der Waals surface area contributed by atoms with E-state index >= 15 is 0 Å². The quantitative estimate of drug-likeness (QED) is 0.910. The Bertz CT molecular complexity index is 644. The van der Waals surface area contributed by atoms with Crippen LogP contribution in [0.2, 0.25) is 0 Å². The molecule has 3 heteroatoms. The van der Waals surface area contributed by atoms with Gasteiger partial charge in [-0.3, -0.25) is 4.79 Å². The van der Waals surface area contributed by atoms with Gasteiger partial charge in [0.1, 0.15) is 5.60 Å². The number of carbonyl (C=O) groups excluding carboxylic acids is 1. The van der Waals surface area contributed by atoms with Crippen LogP contribution >= 0.6 is 0 Å². The van der Waals surface area contributed by atoms with Crippen LogP contribution in [0.4, 0.5) is 5.69 Å². The molecule has 0 bridgehead atoms. The van der Waals surface area contributed by atoms with Crippen molar-refractivity contribution in [2.75, 3.05) is 11.9 Å². The van der Waals surface area contributed by atoms with Crippen LogP contribution < -0.4 is 4.90 Å². The lowest BCUT2D eigenvalue weighted by Crippen LogP contribution is -2.45. The topological polar surface area (TPSA) is 40.5 Å². The number of likely N-dealkylation sites (N-methyl/N-ethyl adjacent to an activating group) is 1. The number of hydrogen-bond acceptors (Lipinski definition) is 2. The lowest BCUT2D eigenvalue weighted by molar-refractivity contribution is -0.135. The third kappa shape index (κ3) is 2.18. The van der Waals surface area contributed by atoms with Gasteiger partial charge >= 0.3 is 0 Å². The predicted molar refractivity (Wildman–Crippen MR) is 80.8 cm³/mol. The minimum absolute atomic E-state index is 0.190. The van der Waals surface area contributed by atoms with Gasteiger partial charge in [-0.1, -0.05) is 30.3 Å². The molecule has 1 aliphatic rings. The van der Waals surface area contributed by atoms with Crippen molar-refractivity contribution in [3.05, 3.63) is 42.5 Å². The Morgan fingerprint density at radius 1 is 1.10 bits per heavy atom. The fraction of sp³-hybridized carbons (Fsp3) is 0.353. The monoisotopic (exact) mass is 269 g/mol. The van der Waals surface area contributed by atoms with Crippen LogP contribution in [-0.4, -0.2) is 23.7 Å². The fourth-order valence-corrected chi connectivity index (χ4v) is 2.99. The summed E-state index contributed by atoms with van der Waals surface area (Å²) in [6.45, 7) is 0. The van der Waals surface area contributed by atoms with Crippen molar-refractivity contribution in [2.24, 2.45) is 0 Å². The number of rotatable bonds is 2. The lowest BCUT2D eigenvalue weighted by atomic mass is 10.00. The summed E-state index contributed by atoms with van der Waals surface area (Å²) in [5.74, 6) is -0.190. The highest BCUT2D eigenvalue weighted by Crippen LogP contribution is 2.32. The summed E-state index contributed by atoms with van der Waals surface area (Å²) < 4.78 is 0. The lowest BCUT2D eigenvalue weighted by Gasteiger charge is -2.27.